The predicted octanol–water partition coefficient (Wildman–Crippen LogP) is 3.75. The normalized spacial score (nSPS) is 13.4. The van der Waals surface area contributed by atoms with Crippen LogP contribution < -0.4 is 4.90 Å². The lowest BCUT2D eigenvalue weighted by atomic mass is 10.1. The Bertz CT molecular complexity index is 352. The number of benzene rings is 1. The molecule has 0 aliphatic rings. The van der Waals surface area contributed by atoms with Crippen LogP contribution in [0.5, 0.6) is 0 Å². The topological polar surface area (TPSA) is 12.5 Å². The third-order valence-electron chi connectivity index (χ3n) is 2.65. The van der Waals surface area contributed by atoms with Crippen LogP contribution >= 0.6 is 0 Å². The molecular weight excluding hydrogens is 198 g/mol. The summed E-state index contributed by atoms with van der Waals surface area (Å²) in [5.41, 5.74) is 2.41. The Morgan fingerprint density at radius 2 is 1.81 bits per heavy atom. The second-order valence-electron chi connectivity index (χ2n) is 4.15. The molecule has 1 aromatic carbocycles. The first-order valence-electron chi connectivity index (χ1n) is 5.61. The van der Waals surface area contributed by atoms with Gasteiger partial charge in [-0.15, -0.1) is 0 Å². The van der Waals surface area contributed by atoms with E-state index in [0.717, 1.165) is 5.76 Å². The molecule has 0 N–H and O–H groups in total. The van der Waals surface area contributed by atoms with Gasteiger partial charge in [0.1, 0.15) is 6.10 Å². The van der Waals surface area contributed by atoms with Gasteiger partial charge < -0.3 is 9.64 Å². The number of rotatable bonds is 4. The van der Waals surface area contributed by atoms with E-state index in [2.05, 4.69) is 36.1 Å². The van der Waals surface area contributed by atoms with E-state index in [4.69, 9.17) is 4.74 Å². The van der Waals surface area contributed by atoms with Gasteiger partial charge in [0.25, 0.3) is 0 Å². The van der Waals surface area contributed by atoms with Crippen molar-refractivity contribution in [2.24, 2.45) is 0 Å². The second-order valence-corrected chi connectivity index (χ2v) is 4.15. The summed E-state index contributed by atoms with van der Waals surface area (Å²) in [6.45, 7) is 6.03. The molecule has 2 nitrogen and oxygen atoms in total. The molecule has 0 fully saturated rings. The van der Waals surface area contributed by atoms with E-state index in [1.165, 1.54) is 11.3 Å². The van der Waals surface area contributed by atoms with Crippen LogP contribution in [0.3, 0.4) is 0 Å². The number of allylic oxidation sites excluding steroid dienone is 2. The van der Waals surface area contributed by atoms with E-state index in [1.807, 2.05) is 34.0 Å². The third-order valence-corrected chi connectivity index (χ3v) is 2.65. The highest BCUT2D eigenvalue weighted by atomic mass is 16.5. The Kier molecular flexibility index (Phi) is 4.41. The minimum absolute atomic E-state index is 0.104. The molecule has 0 saturated carbocycles. The summed E-state index contributed by atoms with van der Waals surface area (Å²) < 4.78 is 5.73. The molecule has 88 valence electrons. The first-order valence-corrected chi connectivity index (χ1v) is 5.61. The number of ether oxygens (including phenoxy) is 1. The van der Waals surface area contributed by atoms with Crippen molar-refractivity contribution in [1.29, 1.82) is 0 Å². The van der Waals surface area contributed by atoms with Crippen LogP contribution in [0.25, 0.3) is 0 Å². The molecule has 0 saturated heterocycles. The smallest absolute Gasteiger partial charge is 0.120 e. The van der Waals surface area contributed by atoms with Crippen LogP contribution in [0.2, 0.25) is 0 Å². The lowest BCUT2D eigenvalue weighted by Crippen LogP contribution is -2.08. The van der Waals surface area contributed by atoms with Crippen molar-refractivity contribution < 1.29 is 4.74 Å². The molecule has 1 aromatic rings. The largest absolute Gasteiger partial charge is 0.491 e. The van der Waals surface area contributed by atoms with Gasteiger partial charge in [-0.1, -0.05) is 12.1 Å². The lowest BCUT2D eigenvalue weighted by molar-refractivity contribution is 0.134. The number of anilines is 1. The van der Waals surface area contributed by atoms with Crippen molar-refractivity contribution in [2.45, 2.75) is 26.9 Å². The van der Waals surface area contributed by atoms with Crippen molar-refractivity contribution in [3.05, 3.63) is 41.7 Å². The fourth-order valence-corrected chi connectivity index (χ4v) is 1.46. The van der Waals surface area contributed by atoms with Gasteiger partial charge in [0.2, 0.25) is 0 Å². The van der Waals surface area contributed by atoms with Gasteiger partial charge in [0.15, 0.2) is 0 Å². The van der Waals surface area contributed by atoms with Crippen LogP contribution in [-0.4, -0.2) is 14.1 Å². The molecule has 0 heterocycles. The van der Waals surface area contributed by atoms with Crippen molar-refractivity contribution >= 4 is 5.69 Å². The maximum absolute atomic E-state index is 5.73. The highest BCUT2D eigenvalue weighted by Crippen LogP contribution is 2.22. The van der Waals surface area contributed by atoms with Crippen molar-refractivity contribution in [3.8, 4) is 0 Å². The van der Waals surface area contributed by atoms with Gasteiger partial charge in [0, 0.05) is 19.8 Å². The molecule has 2 heteroatoms. The Labute approximate surface area is 98.5 Å². The molecule has 1 unspecified atom stereocenters. The van der Waals surface area contributed by atoms with E-state index in [1.54, 1.807) is 0 Å². The molecule has 0 aliphatic heterocycles. The van der Waals surface area contributed by atoms with Crippen LogP contribution in [0, 0.1) is 0 Å². The SMILES string of the molecule is CC=C(C)OC(C)c1ccc(N(C)C)cc1. The molecule has 0 aromatic heterocycles. The molecule has 0 amide bonds. The monoisotopic (exact) mass is 219 g/mol. The number of nitrogens with zero attached hydrogens (tertiary/aromatic N) is 1. The van der Waals surface area contributed by atoms with Gasteiger partial charge in [-0.05, 0) is 44.5 Å². The van der Waals surface area contributed by atoms with E-state index < -0.39 is 0 Å². The summed E-state index contributed by atoms with van der Waals surface area (Å²) in [6.07, 6.45) is 2.08. The Hall–Kier alpha value is -1.44. The number of hydrogen-bond acceptors (Lipinski definition) is 2. The molecule has 0 aliphatic carbocycles. The maximum Gasteiger partial charge on any atom is 0.120 e. The molecule has 16 heavy (non-hydrogen) atoms. The second kappa shape index (κ2) is 5.59. The quantitative estimate of drug-likeness (QED) is 0.715. The zero-order valence-electron chi connectivity index (χ0n) is 10.8. The van der Waals surface area contributed by atoms with E-state index in [-0.39, 0.29) is 6.10 Å². The highest BCUT2D eigenvalue weighted by Gasteiger charge is 2.06. The first kappa shape index (κ1) is 12.6. The molecule has 0 spiro atoms. The van der Waals surface area contributed by atoms with Gasteiger partial charge in [-0.2, -0.15) is 0 Å². The Morgan fingerprint density at radius 1 is 1.25 bits per heavy atom. The minimum atomic E-state index is 0.104. The summed E-state index contributed by atoms with van der Waals surface area (Å²) in [6, 6.07) is 8.45. The van der Waals surface area contributed by atoms with Crippen LogP contribution in [-0.2, 0) is 4.74 Å². The summed E-state index contributed by atoms with van der Waals surface area (Å²) in [5, 5.41) is 0. The van der Waals surface area contributed by atoms with Gasteiger partial charge >= 0.3 is 0 Å². The fourth-order valence-electron chi connectivity index (χ4n) is 1.46. The maximum atomic E-state index is 5.73. The standard InChI is InChI=1S/C14H21NO/c1-6-11(2)16-12(3)13-7-9-14(10-8-13)15(4)5/h6-10,12H,1-5H3. The highest BCUT2D eigenvalue weighted by molar-refractivity contribution is 5.46. The minimum Gasteiger partial charge on any atom is -0.491 e. The van der Waals surface area contributed by atoms with Gasteiger partial charge in [-0.3, -0.25) is 0 Å². The molecule has 0 radical (unpaired) electrons. The lowest BCUT2D eigenvalue weighted by Gasteiger charge is -2.17. The van der Waals surface area contributed by atoms with Crippen molar-refractivity contribution in [1.82, 2.24) is 0 Å². The van der Waals surface area contributed by atoms with Crippen LogP contribution in [0.15, 0.2) is 36.1 Å². The van der Waals surface area contributed by atoms with E-state index >= 15 is 0 Å². The first-order chi connectivity index (χ1) is 7.54. The number of hydrogen-bond donors (Lipinski definition) is 0. The van der Waals surface area contributed by atoms with E-state index in [0.29, 0.717) is 0 Å². The Morgan fingerprint density at radius 3 is 2.25 bits per heavy atom. The molecular formula is C14H21NO. The summed E-state index contributed by atoms with van der Waals surface area (Å²) >= 11 is 0. The average molecular weight is 219 g/mol. The van der Waals surface area contributed by atoms with Crippen molar-refractivity contribution in [2.75, 3.05) is 19.0 Å². The van der Waals surface area contributed by atoms with Crippen LogP contribution in [0.1, 0.15) is 32.4 Å². The zero-order valence-corrected chi connectivity index (χ0v) is 10.8. The van der Waals surface area contributed by atoms with E-state index in [9.17, 15) is 0 Å². The van der Waals surface area contributed by atoms with Gasteiger partial charge in [0.05, 0.1) is 5.76 Å². The fraction of sp³-hybridized carbons (Fsp3) is 0.429. The summed E-state index contributed by atoms with van der Waals surface area (Å²) in [5.74, 6) is 0.962. The van der Waals surface area contributed by atoms with Gasteiger partial charge in [-0.25, -0.2) is 0 Å². The Balaban J connectivity index is 2.74. The zero-order chi connectivity index (χ0) is 12.1. The predicted molar refractivity (Wildman–Crippen MR) is 69.7 cm³/mol. The molecule has 0 bridgehead atoms. The van der Waals surface area contributed by atoms with Crippen LogP contribution in [0.4, 0.5) is 5.69 Å². The summed E-state index contributed by atoms with van der Waals surface area (Å²) in [4.78, 5) is 2.09. The third kappa shape index (κ3) is 3.30. The average Bonchev–Trinajstić information content (AvgIpc) is 2.28. The molecule has 1 rings (SSSR count). The molecule has 1 atom stereocenters. The van der Waals surface area contributed by atoms with Crippen molar-refractivity contribution in [3.63, 3.8) is 0 Å². The summed E-state index contributed by atoms with van der Waals surface area (Å²) in [7, 11) is 4.08.